The minimum Gasteiger partial charge on any atom is -0.313 e. The molecule has 1 N–H and O–H groups in total. The van der Waals surface area contributed by atoms with Gasteiger partial charge in [0.15, 0.2) is 0 Å². The van der Waals surface area contributed by atoms with Crippen LogP contribution in [0, 0.1) is 0 Å². The molecule has 2 rings (SSSR count). The number of aromatic amines is 1. The maximum Gasteiger partial charge on any atom is 0.254 e. The summed E-state index contributed by atoms with van der Waals surface area (Å²) in [6, 6.07) is 0. The van der Waals surface area contributed by atoms with Gasteiger partial charge in [-0.05, 0) is 5.56 Å². The first-order valence-corrected chi connectivity index (χ1v) is 4.91. The fourth-order valence-electron chi connectivity index (χ4n) is 1.57. The topological polar surface area (TPSA) is 71.5 Å². The molecule has 0 radical (unpaired) electrons. The Morgan fingerprint density at radius 2 is 1.81 bits per heavy atom. The van der Waals surface area contributed by atoms with Crippen LogP contribution in [0.1, 0.15) is 25.0 Å². The third-order valence-electron chi connectivity index (χ3n) is 2.67. The zero-order valence-electron chi connectivity index (χ0n) is 9.14. The average molecular weight is 216 g/mol. The number of nitrogens with one attached hydrogen (secondary N) is 1. The molecule has 0 unspecified atom stereocenters. The second-order valence-corrected chi connectivity index (χ2v) is 4.05. The van der Waals surface area contributed by atoms with Crippen LogP contribution in [0.15, 0.2) is 36.0 Å². The van der Waals surface area contributed by atoms with Crippen LogP contribution in [0.3, 0.4) is 0 Å². The Morgan fingerprint density at radius 3 is 2.44 bits per heavy atom. The van der Waals surface area contributed by atoms with E-state index in [9.17, 15) is 4.79 Å². The molecule has 0 aromatic carbocycles. The first-order chi connectivity index (χ1) is 7.62. The summed E-state index contributed by atoms with van der Waals surface area (Å²) in [6.07, 6.45) is 7.83. The van der Waals surface area contributed by atoms with Gasteiger partial charge >= 0.3 is 0 Å². The number of rotatable bonds is 2. The van der Waals surface area contributed by atoms with Gasteiger partial charge in [0.25, 0.3) is 5.56 Å². The van der Waals surface area contributed by atoms with Gasteiger partial charge < -0.3 is 4.98 Å². The van der Waals surface area contributed by atoms with Gasteiger partial charge in [-0.3, -0.25) is 4.79 Å². The van der Waals surface area contributed by atoms with E-state index < -0.39 is 5.41 Å². The fraction of sp³-hybridized carbons (Fsp3) is 0.273. The number of hydrogen-bond acceptors (Lipinski definition) is 4. The lowest BCUT2D eigenvalue weighted by Crippen LogP contribution is -2.28. The summed E-state index contributed by atoms with van der Waals surface area (Å²) in [4.78, 5) is 26.1. The monoisotopic (exact) mass is 216 g/mol. The zero-order chi connectivity index (χ0) is 11.6. The van der Waals surface area contributed by atoms with Crippen LogP contribution in [0.5, 0.6) is 0 Å². The van der Waals surface area contributed by atoms with E-state index in [1.807, 2.05) is 13.8 Å². The van der Waals surface area contributed by atoms with E-state index >= 15 is 0 Å². The van der Waals surface area contributed by atoms with Gasteiger partial charge in [-0.2, -0.15) is 0 Å². The van der Waals surface area contributed by atoms with E-state index in [-0.39, 0.29) is 5.56 Å². The lowest BCUT2D eigenvalue weighted by molar-refractivity contribution is 0.619. The van der Waals surface area contributed by atoms with Crippen LogP contribution >= 0.6 is 0 Å². The Kier molecular flexibility index (Phi) is 2.52. The molecule has 0 fully saturated rings. The van der Waals surface area contributed by atoms with Crippen molar-refractivity contribution in [2.24, 2.45) is 0 Å². The Balaban J connectivity index is 2.56. The van der Waals surface area contributed by atoms with E-state index in [0.29, 0.717) is 5.56 Å². The van der Waals surface area contributed by atoms with Crippen molar-refractivity contribution >= 4 is 0 Å². The third-order valence-corrected chi connectivity index (χ3v) is 2.67. The molecule has 5 heteroatoms. The van der Waals surface area contributed by atoms with Crippen LogP contribution in [0.2, 0.25) is 0 Å². The molecule has 82 valence electrons. The number of aromatic nitrogens is 4. The van der Waals surface area contributed by atoms with Crippen LogP contribution in [0.25, 0.3) is 0 Å². The van der Waals surface area contributed by atoms with Crippen molar-refractivity contribution < 1.29 is 0 Å². The average Bonchev–Trinajstić information content (AvgIpc) is 2.30. The van der Waals surface area contributed by atoms with Gasteiger partial charge in [0.1, 0.15) is 6.33 Å². The van der Waals surface area contributed by atoms with Gasteiger partial charge in [0.05, 0.1) is 6.33 Å². The molecule has 0 spiro atoms. The van der Waals surface area contributed by atoms with Crippen molar-refractivity contribution in [1.82, 2.24) is 19.9 Å². The summed E-state index contributed by atoms with van der Waals surface area (Å²) < 4.78 is 0. The predicted molar refractivity (Wildman–Crippen MR) is 59.0 cm³/mol. The zero-order valence-corrected chi connectivity index (χ0v) is 9.14. The van der Waals surface area contributed by atoms with Crippen molar-refractivity contribution in [3.05, 3.63) is 52.7 Å². The normalized spacial score (nSPS) is 11.4. The fourth-order valence-corrected chi connectivity index (χ4v) is 1.57. The van der Waals surface area contributed by atoms with Crippen molar-refractivity contribution in [2.45, 2.75) is 19.3 Å². The molecule has 0 amide bonds. The molecule has 0 saturated carbocycles. The molecule has 0 atom stereocenters. The molecule has 0 aliphatic rings. The molecule has 16 heavy (non-hydrogen) atoms. The lowest BCUT2D eigenvalue weighted by atomic mass is 9.81. The molecular weight excluding hydrogens is 204 g/mol. The van der Waals surface area contributed by atoms with Crippen LogP contribution in [-0.2, 0) is 5.41 Å². The standard InChI is InChI=1S/C11H12N4O/c1-11(2,8-3-12-6-13-4-8)9-5-14-7-15-10(9)16/h3-7H,1-2H3,(H,14,15,16). The highest BCUT2D eigenvalue weighted by atomic mass is 16.1. The minimum atomic E-state index is -0.455. The highest BCUT2D eigenvalue weighted by Gasteiger charge is 2.26. The second-order valence-electron chi connectivity index (χ2n) is 4.05. The summed E-state index contributed by atoms with van der Waals surface area (Å²) >= 11 is 0. The molecule has 2 heterocycles. The molecule has 0 saturated heterocycles. The molecule has 0 aliphatic carbocycles. The minimum absolute atomic E-state index is 0.135. The summed E-state index contributed by atoms with van der Waals surface area (Å²) in [7, 11) is 0. The maximum absolute atomic E-state index is 11.7. The predicted octanol–water partition coefficient (Wildman–Crippen LogP) is 0.886. The van der Waals surface area contributed by atoms with Crippen LogP contribution in [0.4, 0.5) is 0 Å². The van der Waals surface area contributed by atoms with Crippen molar-refractivity contribution in [3.8, 4) is 0 Å². The van der Waals surface area contributed by atoms with Crippen LogP contribution < -0.4 is 5.56 Å². The van der Waals surface area contributed by atoms with E-state index in [1.54, 1.807) is 18.6 Å². The molecule has 5 nitrogen and oxygen atoms in total. The Morgan fingerprint density at radius 1 is 1.12 bits per heavy atom. The number of nitrogens with zero attached hydrogens (tertiary/aromatic N) is 3. The molecule has 2 aromatic rings. The van der Waals surface area contributed by atoms with Gasteiger partial charge in [-0.15, -0.1) is 0 Å². The number of H-pyrrole nitrogens is 1. The summed E-state index contributed by atoms with van der Waals surface area (Å²) in [5.41, 5.74) is 0.894. The summed E-state index contributed by atoms with van der Waals surface area (Å²) in [5.74, 6) is 0. The summed E-state index contributed by atoms with van der Waals surface area (Å²) in [6.45, 7) is 3.88. The van der Waals surface area contributed by atoms with Crippen molar-refractivity contribution in [3.63, 3.8) is 0 Å². The van der Waals surface area contributed by atoms with E-state index in [2.05, 4.69) is 19.9 Å². The molecule has 0 aliphatic heterocycles. The Bertz CT molecular complexity index is 533. The Labute approximate surface area is 92.6 Å². The quantitative estimate of drug-likeness (QED) is 0.809. The SMILES string of the molecule is CC(C)(c1cncnc1)c1cnc[nH]c1=O. The van der Waals surface area contributed by atoms with Gasteiger partial charge in [0, 0.05) is 29.6 Å². The van der Waals surface area contributed by atoms with Gasteiger partial charge in [0.2, 0.25) is 0 Å². The first kappa shape index (κ1) is 10.5. The van der Waals surface area contributed by atoms with E-state index in [4.69, 9.17) is 0 Å². The van der Waals surface area contributed by atoms with Crippen molar-refractivity contribution in [1.29, 1.82) is 0 Å². The molecule has 2 aromatic heterocycles. The Hall–Kier alpha value is -2.04. The van der Waals surface area contributed by atoms with E-state index in [0.717, 1.165) is 5.56 Å². The van der Waals surface area contributed by atoms with E-state index in [1.165, 1.54) is 12.7 Å². The highest BCUT2D eigenvalue weighted by molar-refractivity contribution is 5.31. The maximum atomic E-state index is 11.7. The summed E-state index contributed by atoms with van der Waals surface area (Å²) in [5, 5.41) is 0. The van der Waals surface area contributed by atoms with Crippen molar-refractivity contribution in [2.75, 3.05) is 0 Å². The van der Waals surface area contributed by atoms with Crippen LogP contribution in [-0.4, -0.2) is 19.9 Å². The van der Waals surface area contributed by atoms with Gasteiger partial charge in [-0.25, -0.2) is 15.0 Å². The van der Waals surface area contributed by atoms with Gasteiger partial charge in [-0.1, -0.05) is 13.8 Å². The lowest BCUT2D eigenvalue weighted by Gasteiger charge is -2.23. The smallest absolute Gasteiger partial charge is 0.254 e. The molecule has 0 bridgehead atoms. The number of hydrogen-bond donors (Lipinski definition) is 1. The second kappa shape index (κ2) is 3.84. The molecular formula is C11H12N4O. The first-order valence-electron chi connectivity index (χ1n) is 4.91. The third kappa shape index (κ3) is 1.71. The largest absolute Gasteiger partial charge is 0.313 e. The highest BCUT2D eigenvalue weighted by Crippen LogP contribution is 2.27.